The first-order chi connectivity index (χ1) is 7.74. The molecule has 0 aromatic heterocycles. The first-order valence-electron chi connectivity index (χ1n) is 7.05. The summed E-state index contributed by atoms with van der Waals surface area (Å²) in [5, 5.41) is 3.58. The second-order valence-corrected chi connectivity index (χ2v) is 5.44. The number of hydrogen-bond acceptors (Lipinski definition) is 2. The summed E-state index contributed by atoms with van der Waals surface area (Å²) in [4.78, 5) is 0. The van der Waals surface area contributed by atoms with E-state index >= 15 is 0 Å². The molecule has 16 heavy (non-hydrogen) atoms. The smallest absolute Gasteiger partial charge is 0.0497 e. The molecule has 0 aromatic carbocycles. The van der Waals surface area contributed by atoms with Crippen LogP contribution >= 0.6 is 0 Å². The Labute approximate surface area is 101 Å². The Balaban J connectivity index is 2.26. The third kappa shape index (κ3) is 5.31. The average molecular weight is 227 g/mol. The van der Waals surface area contributed by atoms with E-state index < -0.39 is 0 Å². The fourth-order valence-electron chi connectivity index (χ4n) is 2.54. The Kier molecular flexibility index (Phi) is 7.06. The van der Waals surface area contributed by atoms with Gasteiger partial charge >= 0.3 is 0 Å². The summed E-state index contributed by atoms with van der Waals surface area (Å²) < 4.78 is 5.73. The highest BCUT2D eigenvalue weighted by atomic mass is 16.5. The lowest BCUT2D eigenvalue weighted by atomic mass is 9.79. The molecule has 2 heteroatoms. The number of ether oxygens (including phenoxy) is 1. The van der Waals surface area contributed by atoms with E-state index in [4.69, 9.17) is 4.74 Å². The van der Waals surface area contributed by atoms with E-state index in [0.717, 1.165) is 31.5 Å². The second-order valence-electron chi connectivity index (χ2n) is 5.44. The highest BCUT2D eigenvalue weighted by Gasteiger charge is 2.24. The molecule has 96 valence electrons. The predicted octanol–water partition coefficient (Wildman–Crippen LogP) is 3.22. The minimum Gasteiger partial charge on any atom is -0.381 e. The Hall–Kier alpha value is -0.0800. The summed E-state index contributed by atoms with van der Waals surface area (Å²) in [5.41, 5.74) is 0. The lowest BCUT2D eigenvalue weighted by molar-refractivity contribution is 0.0586. The molecular weight excluding hydrogens is 198 g/mol. The molecule has 0 spiro atoms. The fourth-order valence-corrected chi connectivity index (χ4v) is 2.54. The van der Waals surface area contributed by atoms with Crippen molar-refractivity contribution in [1.82, 2.24) is 5.32 Å². The van der Waals surface area contributed by atoms with Gasteiger partial charge in [0.1, 0.15) is 0 Å². The molecule has 2 unspecified atom stereocenters. The van der Waals surface area contributed by atoms with Gasteiger partial charge in [-0.15, -0.1) is 0 Å². The quantitative estimate of drug-likeness (QED) is 0.674. The van der Waals surface area contributed by atoms with Crippen LogP contribution in [0.5, 0.6) is 0 Å². The summed E-state index contributed by atoms with van der Waals surface area (Å²) in [5.74, 6) is 1.64. The van der Waals surface area contributed by atoms with E-state index in [-0.39, 0.29) is 0 Å². The zero-order chi connectivity index (χ0) is 11.8. The molecule has 1 rings (SSSR count). The third-order valence-corrected chi connectivity index (χ3v) is 3.54. The first kappa shape index (κ1) is 14.0. The van der Waals surface area contributed by atoms with Crippen LogP contribution < -0.4 is 5.32 Å². The van der Waals surface area contributed by atoms with Gasteiger partial charge in [-0.25, -0.2) is 0 Å². The molecule has 0 aliphatic heterocycles. The summed E-state index contributed by atoms with van der Waals surface area (Å²) in [6.07, 6.45) is 6.71. The van der Waals surface area contributed by atoms with Crippen LogP contribution in [0.15, 0.2) is 0 Å². The van der Waals surface area contributed by atoms with Crippen LogP contribution in [-0.2, 0) is 4.74 Å². The van der Waals surface area contributed by atoms with Gasteiger partial charge in [0, 0.05) is 19.3 Å². The fraction of sp³-hybridized carbons (Fsp3) is 1.00. The summed E-state index contributed by atoms with van der Waals surface area (Å²) >= 11 is 0. The maximum atomic E-state index is 5.73. The van der Waals surface area contributed by atoms with Crippen LogP contribution in [-0.4, -0.2) is 25.8 Å². The topological polar surface area (TPSA) is 21.3 Å². The Morgan fingerprint density at radius 3 is 2.50 bits per heavy atom. The van der Waals surface area contributed by atoms with Gasteiger partial charge in [-0.05, 0) is 37.6 Å². The molecule has 0 amide bonds. The van der Waals surface area contributed by atoms with Crippen LogP contribution in [0.25, 0.3) is 0 Å². The van der Waals surface area contributed by atoms with Crippen molar-refractivity contribution in [2.45, 2.75) is 58.9 Å². The van der Waals surface area contributed by atoms with E-state index in [2.05, 4.69) is 26.1 Å². The Morgan fingerprint density at radius 2 is 1.88 bits per heavy atom. The van der Waals surface area contributed by atoms with Crippen LogP contribution in [0.4, 0.5) is 0 Å². The van der Waals surface area contributed by atoms with Crippen molar-refractivity contribution in [2.24, 2.45) is 11.8 Å². The van der Waals surface area contributed by atoms with Gasteiger partial charge in [-0.1, -0.05) is 33.6 Å². The van der Waals surface area contributed by atoms with Crippen molar-refractivity contribution in [1.29, 1.82) is 0 Å². The molecule has 0 bridgehead atoms. The van der Waals surface area contributed by atoms with Crippen LogP contribution in [0.3, 0.4) is 0 Å². The standard InChI is InChI=1S/C14H29NO/c1-4-9-16-11-14-8-6-5-7-13(14)10-15-12(2)3/h12-15H,4-11H2,1-3H3. The van der Waals surface area contributed by atoms with Gasteiger partial charge in [0.25, 0.3) is 0 Å². The lowest BCUT2D eigenvalue weighted by Gasteiger charge is -2.32. The molecule has 1 N–H and O–H groups in total. The Bertz CT molecular complexity index is 170. The maximum absolute atomic E-state index is 5.73. The molecule has 0 saturated heterocycles. The number of nitrogens with one attached hydrogen (secondary N) is 1. The minimum atomic E-state index is 0.610. The van der Waals surface area contributed by atoms with Crippen molar-refractivity contribution in [3.8, 4) is 0 Å². The van der Waals surface area contributed by atoms with Crippen molar-refractivity contribution in [3.63, 3.8) is 0 Å². The van der Waals surface area contributed by atoms with Gasteiger partial charge < -0.3 is 10.1 Å². The second kappa shape index (κ2) is 8.08. The SMILES string of the molecule is CCCOCC1CCCCC1CNC(C)C. The van der Waals surface area contributed by atoms with Crippen LogP contribution in [0, 0.1) is 11.8 Å². The largest absolute Gasteiger partial charge is 0.381 e. The lowest BCUT2D eigenvalue weighted by Crippen LogP contribution is -2.35. The summed E-state index contributed by atoms with van der Waals surface area (Å²) in [6, 6.07) is 0.610. The van der Waals surface area contributed by atoms with Crippen LogP contribution in [0.2, 0.25) is 0 Å². The average Bonchev–Trinajstić information content (AvgIpc) is 2.28. The number of rotatable bonds is 7. The number of hydrogen-bond donors (Lipinski definition) is 1. The van der Waals surface area contributed by atoms with E-state index in [0.29, 0.717) is 6.04 Å². The molecule has 1 saturated carbocycles. The van der Waals surface area contributed by atoms with Crippen LogP contribution in [0.1, 0.15) is 52.9 Å². The molecular formula is C14H29NO. The van der Waals surface area contributed by atoms with Crippen molar-refractivity contribution < 1.29 is 4.74 Å². The van der Waals surface area contributed by atoms with Gasteiger partial charge in [-0.3, -0.25) is 0 Å². The summed E-state index contributed by atoms with van der Waals surface area (Å²) in [7, 11) is 0. The third-order valence-electron chi connectivity index (χ3n) is 3.54. The van der Waals surface area contributed by atoms with Crippen molar-refractivity contribution >= 4 is 0 Å². The Morgan fingerprint density at radius 1 is 1.19 bits per heavy atom. The van der Waals surface area contributed by atoms with E-state index in [1.165, 1.54) is 32.2 Å². The van der Waals surface area contributed by atoms with E-state index in [9.17, 15) is 0 Å². The zero-order valence-electron chi connectivity index (χ0n) is 11.3. The highest BCUT2D eigenvalue weighted by molar-refractivity contribution is 4.77. The van der Waals surface area contributed by atoms with Gasteiger partial charge in [0.2, 0.25) is 0 Å². The maximum Gasteiger partial charge on any atom is 0.0497 e. The molecule has 1 fully saturated rings. The summed E-state index contributed by atoms with van der Waals surface area (Å²) in [6.45, 7) is 9.73. The molecule has 1 aliphatic rings. The van der Waals surface area contributed by atoms with Gasteiger partial charge in [0.15, 0.2) is 0 Å². The monoisotopic (exact) mass is 227 g/mol. The van der Waals surface area contributed by atoms with E-state index in [1.807, 2.05) is 0 Å². The highest BCUT2D eigenvalue weighted by Crippen LogP contribution is 2.29. The molecule has 0 radical (unpaired) electrons. The predicted molar refractivity (Wildman–Crippen MR) is 69.7 cm³/mol. The normalized spacial score (nSPS) is 26.2. The van der Waals surface area contributed by atoms with E-state index in [1.54, 1.807) is 0 Å². The van der Waals surface area contributed by atoms with Gasteiger partial charge in [-0.2, -0.15) is 0 Å². The van der Waals surface area contributed by atoms with Gasteiger partial charge in [0.05, 0.1) is 0 Å². The molecule has 2 atom stereocenters. The molecule has 2 nitrogen and oxygen atoms in total. The molecule has 0 heterocycles. The van der Waals surface area contributed by atoms with Crippen molar-refractivity contribution in [2.75, 3.05) is 19.8 Å². The zero-order valence-corrected chi connectivity index (χ0v) is 11.3. The molecule has 1 aliphatic carbocycles. The minimum absolute atomic E-state index is 0.610. The molecule has 0 aromatic rings. The van der Waals surface area contributed by atoms with Crippen molar-refractivity contribution in [3.05, 3.63) is 0 Å². The first-order valence-corrected chi connectivity index (χ1v) is 7.05.